The molecule has 1 aromatic carbocycles. The lowest BCUT2D eigenvalue weighted by Gasteiger charge is -2.32. The number of ether oxygens (including phenoxy) is 2. The maximum atomic E-state index is 12.6. The summed E-state index contributed by atoms with van der Waals surface area (Å²) in [6.45, 7) is 3.78. The van der Waals surface area contributed by atoms with Gasteiger partial charge >= 0.3 is 6.03 Å². The highest BCUT2D eigenvalue weighted by molar-refractivity contribution is 5.93. The molecule has 0 saturated carbocycles. The second-order valence-electron chi connectivity index (χ2n) is 6.62. The molecule has 25 heavy (non-hydrogen) atoms. The van der Waals surface area contributed by atoms with Crippen LogP contribution in [0.25, 0.3) is 10.9 Å². The van der Waals surface area contributed by atoms with Gasteiger partial charge in [0.1, 0.15) is 0 Å². The second kappa shape index (κ2) is 8.36. The maximum absolute atomic E-state index is 12.6. The Morgan fingerprint density at radius 2 is 2.16 bits per heavy atom. The maximum Gasteiger partial charge on any atom is 0.321 e. The zero-order valence-electron chi connectivity index (χ0n) is 15.0. The van der Waals surface area contributed by atoms with Crippen molar-refractivity contribution in [2.24, 2.45) is 5.92 Å². The number of piperidine rings is 1. The van der Waals surface area contributed by atoms with Gasteiger partial charge in [-0.1, -0.05) is 0 Å². The van der Waals surface area contributed by atoms with Crippen molar-refractivity contribution < 1.29 is 14.3 Å². The van der Waals surface area contributed by atoms with Gasteiger partial charge in [-0.2, -0.15) is 0 Å². The van der Waals surface area contributed by atoms with Crippen LogP contribution >= 0.6 is 0 Å². The van der Waals surface area contributed by atoms with Crippen molar-refractivity contribution in [3.8, 4) is 0 Å². The topological polar surface area (TPSA) is 55.7 Å². The molecule has 6 heteroatoms. The highest BCUT2D eigenvalue weighted by Gasteiger charge is 2.23. The number of likely N-dealkylation sites (tertiary alicyclic amines) is 1. The molecule has 0 radical (unpaired) electrons. The lowest BCUT2D eigenvalue weighted by atomic mass is 9.99. The van der Waals surface area contributed by atoms with Gasteiger partial charge in [0, 0.05) is 62.6 Å². The lowest BCUT2D eigenvalue weighted by Crippen LogP contribution is -2.43. The molecule has 6 nitrogen and oxygen atoms in total. The van der Waals surface area contributed by atoms with Crippen LogP contribution in [-0.2, 0) is 16.0 Å². The van der Waals surface area contributed by atoms with E-state index < -0.39 is 0 Å². The van der Waals surface area contributed by atoms with E-state index in [4.69, 9.17) is 9.47 Å². The van der Waals surface area contributed by atoms with Crippen LogP contribution in [0.5, 0.6) is 0 Å². The van der Waals surface area contributed by atoms with Crippen molar-refractivity contribution in [2.75, 3.05) is 45.8 Å². The van der Waals surface area contributed by atoms with Crippen LogP contribution in [0.3, 0.4) is 0 Å². The number of hydrogen-bond acceptors (Lipinski definition) is 3. The van der Waals surface area contributed by atoms with Crippen LogP contribution in [0.4, 0.5) is 10.5 Å². The molecule has 3 rings (SSSR count). The average molecular weight is 345 g/mol. The number of methoxy groups -OCH3 is 2. The Bertz CT molecular complexity index is 711. The molecule has 0 bridgehead atoms. The number of fused-ring (bicyclic) bond motifs is 1. The van der Waals surface area contributed by atoms with Gasteiger partial charge < -0.3 is 24.3 Å². The number of rotatable bonds is 6. The number of amides is 2. The first-order valence-corrected chi connectivity index (χ1v) is 8.84. The number of nitrogens with one attached hydrogen (secondary N) is 1. The predicted molar refractivity (Wildman–Crippen MR) is 99.0 cm³/mol. The monoisotopic (exact) mass is 345 g/mol. The number of carbonyl (C=O) groups is 1. The van der Waals surface area contributed by atoms with Crippen molar-refractivity contribution in [1.82, 2.24) is 9.47 Å². The first kappa shape index (κ1) is 17.8. The number of aromatic nitrogens is 1. The standard InChI is InChI=1S/C19H27N3O3/c1-24-11-10-21-9-7-16-12-17(5-6-18(16)21)20-19(23)22-8-3-4-15(13-22)14-25-2/h5-7,9,12,15H,3-4,8,10-11,13-14H2,1-2H3,(H,20,23)/t15-/m1/s1. The number of benzene rings is 1. The smallest absolute Gasteiger partial charge is 0.321 e. The third-order valence-electron chi connectivity index (χ3n) is 4.77. The molecule has 1 fully saturated rings. The van der Waals surface area contributed by atoms with Crippen LogP contribution in [0.15, 0.2) is 30.5 Å². The lowest BCUT2D eigenvalue weighted by molar-refractivity contribution is 0.104. The Balaban J connectivity index is 1.65. The van der Waals surface area contributed by atoms with Gasteiger partial charge in [0.05, 0.1) is 13.2 Å². The summed E-state index contributed by atoms with van der Waals surface area (Å²) < 4.78 is 12.5. The summed E-state index contributed by atoms with van der Waals surface area (Å²) in [5.41, 5.74) is 1.98. The van der Waals surface area contributed by atoms with Gasteiger partial charge in [-0.25, -0.2) is 4.79 Å². The number of anilines is 1. The van der Waals surface area contributed by atoms with Crippen LogP contribution in [-0.4, -0.2) is 56.0 Å². The number of urea groups is 1. The second-order valence-corrected chi connectivity index (χ2v) is 6.62. The molecule has 1 aliphatic rings. The molecule has 2 amide bonds. The fourth-order valence-electron chi connectivity index (χ4n) is 3.49. The highest BCUT2D eigenvalue weighted by Crippen LogP contribution is 2.22. The number of nitrogens with zero attached hydrogens (tertiary/aromatic N) is 2. The zero-order chi connectivity index (χ0) is 17.6. The van der Waals surface area contributed by atoms with E-state index in [1.165, 1.54) is 0 Å². The average Bonchev–Trinajstić information content (AvgIpc) is 3.02. The van der Waals surface area contributed by atoms with E-state index in [0.717, 1.165) is 49.1 Å². The minimum atomic E-state index is -0.0287. The summed E-state index contributed by atoms with van der Waals surface area (Å²) in [5.74, 6) is 0.432. The van der Waals surface area contributed by atoms with Crippen molar-refractivity contribution in [3.05, 3.63) is 30.5 Å². The van der Waals surface area contributed by atoms with Crippen LogP contribution in [0.1, 0.15) is 12.8 Å². The van der Waals surface area contributed by atoms with Gasteiger partial charge in [-0.3, -0.25) is 0 Å². The minimum Gasteiger partial charge on any atom is -0.384 e. The molecule has 2 heterocycles. The summed E-state index contributed by atoms with van der Waals surface area (Å²) in [7, 11) is 3.42. The van der Waals surface area contributed by atoms with Crippen LogP contribution in [0.2, 0.25) is 0 Å². The highest BCUT2D eigenvalue weighted by atomic mass is 16.5. The molecule has 1 aliphatic heterocycles. The Kier molecular flexibility index (Phi) is 5.94. The van der Waals surface area contributed by atoms with Crippen molar-refractivity contribution in [1.29, 1.82) is 0 Å². The molecule has 136 valence electrons. The van der Waals surface area contributed by atoms with E-state index >= 15 is 0 Å². The molecule has 2 aromatic rings. The summed E-state index contributed by atoms with van der Waals surface area (Å²) in [6.07, 6.45) is 4.21. The largest absolute Gasteiger partial charge is 0.384 e. The van der Waals surface area contributed by atoms with Crippen LogP contribution in [0, 0.1) is 5.92 Å². The zero-order valence-corrected chi connectivity index (χ0v) is 15.0. The Morgan fingerprint density at radius 1 is 1.28 bits per heavy atom. The molecule has 1 aromatic heterocycles. The van der Waals surface area contributed by atoms with Gasteiger partial charge in [0.15, 0.2) is 0 Å². The van der Waals surface area contributed by atoms with E-state index in [1.807, 2.05) is 23.1 Å². The Hall–Kier alpha value is -2.05. The Labute approximate surface area is 148 Å². The first-order valence-electron chi connectivity index (χ1n) is 8.84. The van der Waals surface area contributed by atoms with Crippen molar-refractivity contribution >= 4 is 22.6 Å². The molecule has 1 N–H and O–H groups in total. The summed E-state index contributed by atoms with van der Waals surface area (Å²) in [6, 6.07) is 8.06. The van der Waals surface area contributed by atoms with E-state index in [9.17, 15) is 4.79 Å². The SMILES string of the molecule is COCCn1ccc2cc(NC(=O)N3CCC[C@@H](COC)C3)ccc21. The molecular formula is C19H27N3O3. The van der Waals surface area contributed by atoms with E-state index in [2.05, 4.69) is 22.1 Å². The molecule has 1 saturated heterocycles. The fourth-order valence-corrected chi connectivity index (χ4v) is 3.49. The molecular weight excluding hydrogens is 318 g/mol. The number of carbonyl (C=O) groups excluding carboxylic acids is 1. The molecule has 0 spiro atoms. The van der Waals surface area contributed by atoms with Crippen molar-refractivity contribution in [3.63, 3.8) is 0 Å². The first-order chi connectivity index (χ1) is 12.2. The van der Waals surface area contributed by atoms with Crippen LogP contribution < -0.4 is 5.32 Å². The van der Waals surface area contributed by atoms with E-state index in [-0.39, 0.29) is 6.03 Å². The van der Waals surface area contributed by atoms with Gasteiger partial charge in [-0.05, 0) is 37.1 Å². The molecule has 0 unspecified atom stereocenters. The van der Waals surface area contributed by atoms with Gasteiger partial charge in [0.2, 0.25) is 0 Å². The normalized spacial score (nSPS) is 17.8. The summed E-state index contributed by atoms with van der Waals surface area (Å²) in [5, 5.41) is 4.15. The summed E-state index contributed by atoms with van der Waals surface area (Å²) in [4.78, 5) is 14.4. The van der Waals surface area contributed by atoms with Gasteiger partial charge in [-0.15, -0.1) is 0 Å². The van der Waals surface area contributed by atoms with E-state index in [1.54, 1.807) is 14.2 Å². The van der Waals surface area contributed by atoms with Gasteiger partial charge in [0.25, 0.3) is 0 Å². The minimum absolute atomic E-state index is 0.0287. The van der Waals surface area contributed by atoms with E-state index in [0.29, 0.717) is 19.1 Å². The third-order valence-corrected chi connectivity index (χ3v) is 4.77. The Morgan fingerprint density at radius 3 is 2.96 bits per heavy atom. The quantitative estimate of drug-likeness (QED) is 0.875. The predicted octanol–water partition coefficient (Wildman–Crippen LogP) is 3.18. The summed E-state index contributed by atoms with van der Waals surface area (Å²) >= 11 is 0. The number of hydrogen-bond donors (Lipinski definition) is 1. The molecule has 0 aliphatic carbocycles. The molecule has 1 atom stereocenters. The third kappa shape index (κ3) is 4.32. The fraction of sp³-hybridized carbons (Fsp3) is 0.526. The van der Waals surface area contributed by atoms with Crippen molar-refractivity contribution in [2.45, 2.75) is 19.4 Å².